The molecule has 0 unspecified atom stereocenters. The first-order chi connectivity index (χ1) is 16.3. The number of fused-ring (bicyclic) bond motifs is 1. The summed E-state index contributed by atoms with van der Waals surface area (Å²) < 4.78 is 32.4. The molecule has 190 valence electrons. The molecule has 0 spiro atoms. The topological polar surface area (TPSA) is 71.9 Å². The SMILES string of the molecule is CCOc1cc2c(c(F)c1OCC)C(=N)N(CC(=O)c1cc(C)c(OC)c(C(C)(C)C)c1)C2(C)C. The summed E-state index contributed by atoms with van der Waals surface area (Å²) in [5.74, 6) is 0.256. The normalized spacial score (nSPS) is 14.7. The van der Waals surface area contributed by atoms with E-state index in [0.717, 1.165) is 16.9 Å². The van der Waals surface area contributed by atoms with Gasteiger partial charge in [0, 0.05) is 11.1 Å². The Kier molecular flexibility index (Phi) is 7.21. The van der Waals surface area contributed by atoms with Gasteiger partial charge in [0.1, 0.15) is 11.6 Å². The van der Waals surface area contributed by atoms with Crippen molar-refractivity contribution in [2.24, 2.45) is 0 Å². The molecule has 0 saturated heterocycles. The molecule has 1 aliphatic heterocycles. The number of Topliss-reactive ketones (excluding diaryl/α,β-unsaturated/α-hetero) is 1. The summed E-state index contributed by atoms with van der Waals surface area (Å²) >= 11 is 0. The van der Waals surface area contributed by atoms with Crippen molar-refractivity contribution in [2.45, 2.75) is 66.3 Å². The summed E-state index contributed by atoms with van der Waals surface area (Å²) in [5.41, 5.74) is 2.08. The minimum atomic E-state index is -0.798. The standard InChI is InChI=1S/C28H37FN2O4/c1-10-34-21-14-18-22(23(29)25(21)35-11-2)26(30)31(28(18,7)8)15-20(32)17-12-16(3)24(33-9)19(13-17)27(4,5)6/h12-14,30H,10-11,15H2,1-9H3. The van der Waals surface area contributed by atoms with E-state index in [1.54, 1.807) is 25.0 Å². The third-order valence-electron chi connectivity index (χ3n) is 6.53. The highest BCUT2D eigenvalue weighted by Gasteiger charge is 2.45. The molecule has 0 atom stereocenters. The second-order valence-electron chi connectivity index (χ2n) is 10.3. The fraction of sp³-hybridized carbons (Fsp3) is 0.500. The van der Waals surface area contributed by atoms with E-state index >= 15 is 4.39 Å². The average molecular weight is 485 g/mol. The van der Waals surface area contributed by atoms with Gasteiger partial charge in [-0.15, -0.1) is 0 Å². The molecule has 0 bridgehead atoms. The number of ether oxygens (including phenoxy) is 3. The molecule has 0 radical (unpaired) electrons. The van der Waals surface area contributed by atoms with Crippen LogP contribution in [0.5, 0.6) is 17.2 Å². The van der Waals surface area contributed by atoms with Gasteiger partial charge >= 0.3 is 0 Å². The Morgan fingerprint density at radius 1 is 1.09 bits per heavy atom. The zero-order chi connectivity index (χ0) is 26.3. The number of ketones is 1. The molecule has 0 aliphatic carbocycles. The van der Waals surface area contributed by atoms with Crippen LogP contribution in [0.1, 0.15) is 81.1 Å². The van der Waals surface area contributed by atoms with Gasteiger partial charge in [0.2, 0.25) is 0 Å². The molecule has 7 heteroatoms. The number of aryl methyl sites for hydroxylation is 1. The predicted octanol–water partition coefficient (Wildman–Crippen LogP) is 6.00. The molecular formula is C28H37FN2O4. The predicted molar refractivity (Wildman–Crippen MR) is 136 cm³/mol. The summed E-state index contributed by atoms with van der Waals surface area (Å²) in [7, 11) is 1.63. The van der Waals surface area contributed by atoms with E-state index in [0.29, 0.717) is 23.5 Å². The third kappa shape index (κ3) is 4.60. The van der Waals surface area contributed by atoms with E-state index < -0.39 is 11.4 Å². The third-order valence-corrected chi connectivity index (χ3v) is 6.53. The number of halogens is 1. The quantitative estimate of drug-likeness (QED) is 0.466. The Morgan fingerprint density at radius 3 is 2.26 bits per heavy atom. The van der Waals surface area contributed by atoms with E-state index in [9.17, 15) is 4.79 Å². The van der Waals surface area contributed by atoms with E-state index in [4.69, 9.17) is 19.6 Å². The molecule has 1 N–H and O–H groups in total. The smallest absolute Gasteiger partial charge is 0.197 e. The van der Waals surface area contributed by atoms with Crippen molar-refractivity contribution in [2.75, 3.05) is 26.9 Å². The van der Waals surface area contributed by atoms with E-state index in [1.165, 1.54) is 0 Å². The lowest BCUT2D eigenvalue weighted by Crippen LogP contribution is -2.42. The Labute approximate surface area is 207 Å². The number of hydrogen-bond donors (Lipinski definition) is 1. The molecule has 0 amide bonds. The van der Waals surface area contributed by atoms with Crippen LogP contribution in [0.2, 0.25) is 0 Å². The summed E-state index contributed by atoms with van der Waals surface area (Å²) in [4.78, 5) is 15.2. The van der Waals surface area contributed by atoms with Crippen molar-refractivity contribution >= 4 is 11.6 Å². The summed E-state index contributed by atoms with van der Waals surface area (Å²) in [6.45, 7) is 16.0. The van der Waals surface area contributed by atoms with E-state index in [1.807, 2.05) is 39.8 Å². The minimum Gasteiger partial charge on any atom is -0.496 e. The van der Waals surface area contributed by atoms with Crippen molar-refractivity contribution in [1.82, 2.24) is 4.90 Å². The van der Waals surface area contributed by atoms with Crippen LogP contribution in [-0.2, 0) is 11.0 Å². The average Bonchev–Trinajstić information content (AvgIpc) is 2.95. The van der Waals surface area contributed by atoms with Crippen LogP contribution < -0.4 is 14.2 Å². The molecule has 0 aromatic heterocycles. The second-order valence-corrected chi connectivity index (χ2v) is 10.3. The molecule has 1 heterocycles. The van der Waals surface area contributed by atoms with Crippen molar-refractivity contribution < 1.29 is 23.4 Å². The lowest BCUT2D eigenvalue weighted by atomic mass is 9.83. The van der Waals surface area contributed by atoms with Gasteiger partial charge < -0.3 is 19.1 Å². The maximum atomic E-state index is 15.6. The zero-order valence-electron chi connectivity index (χ0n) is 22.3. The molecule has 2 aromatic carbocycles. The van der Waals surface area contributed by atoms with Crippen LogP contribution in [0.25, 0.3) is 0 Å². The van der Waals surface area contributed by atoms with Crippen molar-refractivity contribution in [1.29, 1.82) is 5.41 Å². The molecule has 0 fully saturated rings. The molecule has 1 aliphatic rings. The van der Waals surface area contributed by atoms with Gasteiger partial charge in [-0.1, -0.05) is 20.8 Å². The Hall–Kier alpha value is -3.09. The lowest BCUT2D eigenvalue weighted by molar-refractivity contribution is 0.0920. The first kappa shape index (κ1) is 26.5. The van der Waals surface area contributed by atoms with Crippen molar-refractivity contribution in [3.63, 3.8) is 0 Å². The molecular weight excluding hydrogens is 447 g/mol. The van der Waals surface area contributed by atoms with Gasteiger partial charge in [-0.25, -0.2) is 4.39 Å². The molecule has 3 rings (SSSR count). The lowest BCUT2D eigenvalue weighted by Gasteiger charge is -2.33. The highest BCUT2D eigenvalue weighted by molar-refractivity contribution is 6.07. The number of nitrogens with one attached hydrogen (secondary N) is 1. The van der Waals surface area contributed by atoms with Crippen molar-refractivity contribution in [3.8, 4) is 17.2 Å². The Balaban J connectivity index is 2.04. The molecule has 0 saturated carbocycles. The van der Waals surface area contributed by atoms with E-state index in [2.05, 4.69) is 20.8 Å². The van der Waals surface area contributed by atoms with Crippen LogP contribution in [0.4, 0.5) is 4.39 Å². The summed E-state index contributed by atoms with van der Waals surface area (Å²) in [6, 6.07) is 5.42. The van der Waals surface area contributed by atoms with Crippen LogP contribution in [0.3, 0.4) is 0 Å². The van der Waals surface area contributed by atoms with Gasteiger partial charge in [-0.2, -0.15) is 0 Å². The molecule has 2 aromatic rings. The fourth-order valence-electron chi connectivity index (χ4n) is 4.70. The highest BCUT2D eigenvalue weighted by atomic mass is 19.1. The first-order valence-electron chi connectivity index (χ1n) is 12.0. The minimum absolute atomic E-state index is 0.00225. The largest absolute Gasteiger partial charge is 0.496 e. The van der Waals surface area contributed by atoms with Crippen LogP contribution in [0, 0.1) is 18.2 Å². The van der Waals surface area contributed by atoms with Crippen LogP contribution in [0.15, 0.2) is 18.2 Å². The Morgan fingerprint density at radius 2 is 1.71 bits per heavy atom. The van der Waals surface area contributed by atoms with Gasteiger partial charge in [0.15, 0.2) is 23.1 Å². The second kappa shape index (κ2) is 9.51. The number of amidine groups is 1. The van der Waals surface area contributed by atoms with Gasteiger partial charge in [-0.05, 0) is 69.4 Å². The zero-order valence-corrected chi connectivity index (χ0v) is 22.3. The molecule has 6 nitrogen and oxygen atoms in total. The highest BCUT2D eigenvalue weighted by Crippen LogP contribution is 2.46. The van der Waals surface area contributed by atoms with Crippen LogP contribution in [-0.4, -0.2) is 43.4 Å². The van der Waals surface area contributed by atoms with E-state index in [-0.39, 0.29) is 41.5 Å². The number of methoxy groups -OCH3 is 1. The first-order valence-corrected chi connectivity index (χ1v) is 12.0. The van der Waals surface area contributed by atoms with Crippen molar-refractivity contribution in [3.05, 3.63) is 51.8 Å². The number of hydrogen-bond acceptors (Lipinski definition) is 5. The summed E-state index contributed by atoms with van der Waals surface area (Å²) in [6.07, 6.45) is 0. The monoisotopic (exact) mass is 484 g/mol. The van der Waals surface area contributed by atoms with Gasteiger partial charge in [0.05, 0.1) is 38.0 Å². The number of carbonyl (C=O) groups is 1. The maximum Gasteiger partial charge on any atom is 0.197 e. The van der Waals surface area contributed by atoms with Gasteiger partial charge in [-0.3, -0.25) is 10.2 Å². The number of benzene rings is 2. The molecule has 35 heavy (non-hydrogen) atoms. The van der Waals surface area contributed by atoms with Gasteiger partial charge in [0.25, 0.3) is 0 Å². The summed E-state index contributed by atoms with van der Waals surface area (Å²) in [5, 5.41) is 8.81. The number of nitrogens with zero attached hydrogens (tertiary/aromatic N) is 1. The number of carbonyl (C=O) groups excluding carboxylic acids is 1. The Bertz CT molecular complexity index is 1160. The number of rotatable bonds is 8. The maximum absolute atomic E-state index is 15.6. The fourth-order valence-corrected chi connectivity index (χ4v) is 4.70. The van der Waals surface area contributed by atoms with Crippen LogP contribution >= 0.6 is 0 Å².